The highest BCUT2D eigenvalue weighted by molar-refractivity contribution is 8.00. The summed E-state index contributed by atoms with van der Waals surface area (Å²) >= 11 is 1.45. The van der Waals surface area contributed by atoms with E-state index in [1.807, 2.05) is 6.92 Å². The van der Waals surface area contributed by atoms with Crippen molar-refractivity contribution in [3.05, 3.63) is 28.3 Å². The van der Waals surface area contributed by atoms with E-state index in [0.717, 1.165) is 23.8 Å². The summed E-state index contributed by atoms with van der Waals surface area (Å²) in [6, 6.07) is 0.487. The Morgan fingerprint density at radius 2 is 1.93 bits per heavy atom. The fourth-order valence-corrected chi connectivity index (χ4v) is 4.47. The molecule has 2 saturated carbocycles. The first kappa shape index (κ1) is 18.3. The number of carbonyl (C=O) groups is 2. The maximum Gasteiger partial charge on any atom is 0.339 e. The Labute approximate surface area is 162 Å². The molecule has 27 heavy (non-hydrogen) atoms. The second-order valence-electron chi connectivity index (χ2n) is 7.46. The Morgan fingerprint density at radius 3 is 2.52 bits per heavy atom. The van der Waals surface area contributed by atoms with E-state index in [-0.39, 0.29) is 11.0 Å². The number of rotatable bonds is 7. The molecule has 0 bridgehead atoms. The number of H-pyrrole nitrogens is 1. The molecular formula is C19H24N4O3S. The Bertz CT molecular complexity index is 908. The number of Topliss-reactive ketones (excluding diaryl/α,β-unsaturated/α-hetero) is 1. The van der Waals surface area contributed by atoms with Crippen molar-refractivity contribution in [2.45, 2.75) is 68.8 Å². The van der Waals surface area contributed by atoms with Gasteiger partial charge in [0, 0.05) is 17.7 Å². The largest absolute Gasteiger partial charge is 0.465 e. The van der Waals surface area contributed by atoms with Gasteiger partial charge in [0.25, 0.3) is 0 Å². The number of esters is 1. The van der Waals surface area contributed by atoms with Gasteiger partial charge in [-0.15, -0.1) is 10.2 Å². The van der Waals surface area contributed by atoms with Gasteiger partial charge in [-0.3, -0.25) is 4.79 Å². The van der Waals surface area contributed by atoms with Crippen LogP contribution in [0.3, 0.4) is 0 Å². The number of carbonyl (C=O) groups excluding carboxylic acids is 2. The van der Waals surface area contributed by atoms with E-state index in [4.69, 9.17) is 4.74 Å². The third-order valence-corrected chi connectivity index (χ3v) is 6.33. The molecule has 0 amide bonds. The maximum absolute atomic E-state index is 13.0. The second kappa shape index (κ2) is 6.82. The highest BCUT2D eigenvalue weighted by atomic mass is 32.2. The molecule has 144 valence electrons. The summed E-state index contributed by atoms with van der Waals surface area (Å²) in [7, 11) is 1.34. The maximum atomic E-state index is 13.0. The van der Waals surface area contributed by atoms with Crippen molar-refractivity contribution in [1.82, 2.24) is 19.7 Å². The minimum absolute atomic E-state index is 0.0472. The molecular weight excluding hydrogens is 364 g/mol. The zero-order valence-electron chi connectivity index (χ0n) is 16.0. The van der Waals surface area contributed by atoms with Crippen LogP contribution in [0.2, 0.25) is 0 Å². The van der Waals surface area contributed by atoms with Crippen molar-refractivity contribution in [2.24, 2.45) is 0 Å². The van der Waals surface area contributed by atoms with E-state index in [1.54, 1.807) is 13.8 Å². The average molecular weight is 388 g/mol. The van der Waals surface area contributed by atoms with Crippen LogP contribution in [-0.2, 0) is 4.74 Å². The predicted octanol–water partition coefficient (Wildman–Crippen LogP) is 3.59. The summed E-state index contributed by atoms with van der Waals surface area (Å²) in [4.78, 5) is 28.1. The summed E-state index contributed by atoms with van der Waals surface area (Å²) in [6.45, 7) is 5.43. The van der Waals surface area contributed by atoms with Gasteiger partial charge in [0.05, 0.1) is 23.6 Å². The van der Waals surface area contributed by atoms with Crippen LogP contribution >= 0.6 is 11.8 Å². The molecule has 0 aromatic carbocycles. The predicted molar refractivity (Wildman–Crippen MR) is 102 cm³/mol. The fourth-order valence-electron chi connectivity index (χ4n) is 3.48. The van der Waals surface area contributed by atoms with Gasteiger partial charge >= 0.3 is 5.97 Å². The molecule has 0 aliphatic heterocycles. The molecule has 4 rings (SSSR count). The van der Waals surface area contributed by atoms with Gasteiger partial charge in [-0.05, 0) is 52.0 Å². The lowest BCUT2D eigenvalue weighted by molar-refractivity contribution is 0.0599. The summed E-state index contributed by atoms with van der Waals surface area (Å²) in [5, 5.41) is 9.28. The number of aromatic nitrogens is 4. The number of nitrogens with zero attached hydrogens (tertiary/aromatic N) is 3. The lowest BCUT2D eigenvalue weighted by Crippen LogP contribution is -2.16. The molecule has 1 N–H and O–H groups in total. The first-order chi connectivity index (χ1) is 12.9. The standard InChI is InChI=1S/C19H24N4O3S/c1-9-14(18(25)26-4)10(2)20-15(9)16(24)11(3)27-19-22-21-17(12-5-6-12)23(19)13-7-8-13/h11-13,20H,5-8H2,1-4H3/t11-/m0/s1. The number of aryl methyl sites for hydroxylation is 1. The normalized spacial score (nSPS) is 17.8. The molecule has 2 aromatic rings. The van der Waals surface area contributed by atoms with Crippen LogP contribution < -0.4 is 0 Å². The highest BCUT2D eigenvalue weighted by Gasteiger charge is 2.37. The van der Waals surface area contributed by atoms with Gasteiger partial charge in [-0.2, -0.15) is 0 Å². The third kappa shape index (κ3) is 3.31. The van der Waals surface area contributed by atoms with E-state index >= 15 is 0 Å². The minimum atomic E-state index is -0.428. The van der Waals surface area contributed by atoms with Crippen LogP contribution in [-0.4, -0.2) is 43.9 Å². The number of methoxy groups -OCH3 is 1. The smallest absolute Gasteiger partial charge is 0.339 e. The third-order valence-electron chi connectivity index (χ3n) is 5.27. The van der Waals surface area contributed by atoms with Crippen LogP contribution in [0.15, 0.2) is 5.16 Å². The molecule has 2 aliphatic carbocycles. The van der Waals surface area contributed by atoms with E-state index in [2.05, 4.69) is 19.7 Å². The van der Waals surface area contributed by atoms with Gasteiger partial charge in [0.2, 0.25) is 0 Å². The number of ether oxygens (including phenoxy) is 1. The number of hydrogen-bond donors (Lipinski definition) is 1. The molecule has 2 aromatic heterocycles. The SMILES string of the molecule is COC(=O)c1c(C)[nH]c(C(=O)[C@H](C)Sc2nnc(C3CC3)n2C2CC2)c1C. The van der Waals surface area contributed by atoms with E-state index in [1.165, 1.54) is 31.7 Å². The van der Waals surface area contributed by atoms with E-state index in [9.17, 15) is 9.59 Å². The molecule has 0 saturated heterocycles. The van der Waals surface area contributed by atoms with E-state index < -0.39 is 5.97 Å². The zero-order chi connectivity index (χ0) is 19.3. The van der Waals surface area contributed by atoms with Crippen LogP contribution in [0.5, 0.6) is 0 Å². The van der Waals surface area contributed by atoms with Gasteiger partial charge in [-0.1, -0.05) is 11.8 Å². The average Bonchev–Trinajstić information content (AvgIpc) is 3.57. The van der Waals surface area contributed by atoms with E-state index in [0.29, 0.717) is 34.5 Å². The van der Waals surface area contributed by atoms with Crippen molar-refractivity contribution in [3.8, 4) is 0 Å². The van der Waals surface area contributed by atoms with Crippen LogP contribution in [0, 0.1) is 13.8 Å². The zero-order valence-corrected chi connectivity index (χ0v) is 16.9. The molecule has 7 nitrogen and oxygen atoms in total. The van der Waals surface area contributed by atoms with Gasteiger partial charge in [0.1, 0.15) is 5.82 Å². The molecule has 2 fully saturated rings. The topological polar surface area (TPSA) is 89.9 Å². The van der Waals surface area contributed by atoms with Gasteiger partial charge < -0.3 is 14.3 Å². The quantitative estimate of drug-likeness (QED) is 0.443. The molecule has 0 radical (unpaired) electrons. The molecule has 2 heterocycles. The van der Waals surface area contributed by atoms with Crippen molar-refractivity contribution >= 4 is 23.5 Å². The second-order valence-corrected chi connectivity index (χ2v) is 8.77. The van der Waals surface area contributed by atoms with Crippen molar-refractivity contribution < 1.29 is 14.3 Å². The molecule has 0 spiro atoms. The summed E-state index contributed by atoms with van der Waals surface area (Å²) in [5.74, 6) is 1.14. The first-order valence-electron chi connectivity index (χ1n) is 9.35. The Balaban J connectivity index is 1.57. The molecule has 1 atom stereocenters. The number of nitrogens with one attached hydrogen (secondary N) is 1. The number of hydrogen-bond acceptors (Lipinski definition) is 6. The Morgan fingerprint density at radius 1 is 1.22 bits per heavy atom. The molecule has 8 heteroatoms. The molecule has 2 aliphatic rings. The summed E-state index contributed by atoms with van der Waals surface area (Å²) in [5.41, 5.74) is 2.19. The Hall–Kier alpha value is -2.09. The summed E-state index contributed by atoms with van der Waals surface area (Å²) < 4.78 is 7.08. The minimum Gasteiger partial charge on any atom is -0.465 e. The van der Waals surface area contributed by atoms with Crippen LogP contribution in [0.1, 0.15) is 82.5 Å². The number of ketones is 1. The van der Waals surface area contributed by atoms with Crippen molar-refractivity contribution in [1.29, 1.82) is 0 Å². The number of aromatic amines is 1. The first-order valence-corrected chi connectivity index (χ1v) is 10.2. The van der Waals surface area contributed by atoms with Crippen molar-refractivity contribution in [2.75, 3.05) is 7.11 Å². The highest BCUT2D eigenvalue weighted by Crippen LogP contribution is 2.46. The van der Waals surface area contributed by atoms with Crippen LogP contribution in [0.4, 0.5) is 0 Å². The summed E-state index contributed by atoms with van der Waals surface area (Å²) in [6.07, 6.45) is 4.68. The lowest BCUT2D eigenvalue weighted by Gasteiger charge is -2.12. The monoisotopic (exact) mass is 388 g/mol. The van der Waals surface area contributed by atoms with Gasteiger partial charge in [0.15, 0.2) is 10.9 Å². The lowest BCUT2D eigenvalue weighted by atomic mass is 10.1. The van der Waals surface area contributed by atoms with Crippen LogP contribution in [0.25, 0.3) is 0 Å². The van der Waals surface area contributed by atoms with Crippen molar-refractivity contribution in [3.63, 3.8) is 0 Å². The fraction of sp³-hybridized carbons (Fsp3) is 0.579. The number of thioether (sulfide) groups is 1. The molecule has 0 unspecified atom stereocenters. The Kier molecular flexibility index (Phi) is 4.61. The van der Waals surface area contributed by atoms with Gasteiger partial charge in [-0.25, -0.2) is 4.79 Å².